The smallest absolute Gasteiger partial charge is 0.435 e. The molecule has 0 aromatic heterocycles. The summed E-state index contributed by atoms with van der Waals surface area (Å²) >= 11 is 1.96. The van der Waals surface area contributed by atoms with Crippen LogP contribution in [0.5, 0.6) is 0 Å². The second-order valence-corrected chi connectivity index (χ2v) is 5.54. The van der Waals surface area contributed by atoms with Crippen molar-refractivity contribution in [2.45, 2.75) is 46.3 Å². The normalized spacial score (nSPS) is 13.4. The third-order valence-corrected chi connectivity index (χ3v) is 2.13. The number of hydrogen-bond donors (Lipinski definition) is 0. The van der Waals surface area contributed by atoms with E-state index in [2.05, 4.69) is 0 Å². The highest BCUT2D eigenvalue weighted by atomic mass is 127. The molecule has 0 aromatic carbocycles. The number of hydroxylamine groups is 2. The van der Waals surface area contributed by atoms with Crippen molar-refractivity contribution >= 4 is 35.0 Å². The lowest BCUT2D eigenvalue weighted by Gasteiger charge is -2.30. The van der Waals surface area contributed by atoms with Gasteiger partial charge in [0.15, 0.2) is 0 Å². The molecule has 0 fully saturated rings. The number of hydrogen-bond acceptors (Lipinski definition) is 4. The van der Waals surface area contributed by atoms with Gasteiger partial charge in [0.25, 0.3) is 0 Å². The predicted molar refractivity (Wildman–Crippen MR) is 72.7 cm³/mol. The van der Waals surface area contributed by atoms with E-state index in [4.69, 9.17) is 9.57 Å². The Morgan fingerprint density at radius 3 is 2.24 bits per heavy atom. The van der Waals surface area contributed by atoms with E-state index in [0.717, 1.165) is 5.06 Å². The number of rotatable bonds is 5. The third-order valence-electron chi connectivity index (χ3n) is 1.85. The maximum atomic E-state index is 11.9. The Labute approximate surface area is 116 Å². The average molecular weight is 357 g/mol. The van der Waals surface area contributed by atoms with Crippen molar-refractivity contribution in [2.75, 3.05) is 4.61 Å². The van der Waals surface area contributed by atoms with E-state index in [1.807, 2.05) is 36.4 Å². The van der Waals surface area contributed by atoms with Crippen molar-refractivity contribution in [3.63, 3.8) is 0 Å². The Hall–Kier alpha value is -0.370. The molecule has 0 unspecified atom stereocenters. The molecule has 0 spiro atoms. The molecular formula is C11H20INO4. The molecule has 1 amide bonds. The summed E-state index contributed by atoms with van der Waals surface area (Å²) in [7, 11) is 0. The number of nitrogens with zero attached hydrogens (tertiary/aromatic N) is 1. The molecular weight excluding hydrogens is 337 g/mol. The van der Waals surface area contributed by atoms with Gasteiger partial charge in [-0.25, -0.2) is 4.79 Å². The lowest BCUT2D eigenvalue weighted by Crippen LogP contribution is -2.46. The van der Waals surface area contributed by atoms with E-state index in [1.165, 1.54) is 0 Å². The van der Waals surface area contributed by atoms with Gasteiger partial charge in [-0.15, -0.1) is 0 Å². The molecule has 0 heterocycles. The van der Waals surface area contributed by atoms with Crippen LogP contribution in [0.2, 0.25) is 0 Å². The number of halogens is 1. The fourth-order valence-corrected chi connectivity index (χ4v) is 1.40. The number of aldehydes is 1. The van der Waals surface area contributed by atoms with Crippen LogP contribution in [0.3, 0.4) is 0 Å². The van der Waals surface area contributed by atoms with Crippen LogP contribution >= 0.6 is 22.6 Å². The van der Waals surface area contributed by atoms with E-state index < -0.39 is 17.7 Å². The SMILES string of the molecule is CC(C)[C@@H](C=O)N(OCI)C(=O)OC(C)(C)C. The predicted octanol–water partition coefficient (Wildman–Crippen LogP) is 2.77. The van der Waals surface area contributed by atoms with Crippen LogP contribution in [0.1, 0.15) is 34.6 Å². The molecule has 0 bridgehead atoms. The van der Waals surface area contributed by atoms with Gasteiger partial charge < -0.3 is 9.53 Å². The highest BCUT2D eigenvalue weighted by Gasteiger charge is 2.31. The van der Waals surface area contributed by atoms with E-state index in [1.54, 1.807) is 20.8 Å². The Kier molecular flexibility index (Phi) is 6.99. The van der Waals surface area contributed by atoms with E-state index in [9.17, 15) is 9.59 Å². The molecule has 1 atom stereocenters. The summed E-state index contributed by atoms with van der Waals surface area (Å²) in [5, 5.41) is 1.01. The molecule has 0 saturated carbocycles. The first-order valence-electron chi connectivity index (χ1n) is 5.39. The molecule has 100 valence electrons. The van der Waals surface area contributed by atoms with Gasteiger partial charge in [0.2, 0.25) is 0 Å². The van der Waals surface area contributed by atoms with Crippen molar-refractivity contribution in [3.8, 4) is 0 Å². The van der Waals surface area contributed by atoms with Gasteiger partial charge in [0.05, 0.1) is 0 Å². The average Bonchev–Trinajstić information content (AvgIpc) is 2.14. The first-order chi connectivity index (χ1) is 7.72. The summed E-state index contributed by atoms with van der Waals surface area (Å²) in [6.45, 7) is 8.97. The lowest BCUT2D eigenvalue weighted by atomic mass is 10.1. The van der Waals surface area contributed by atoms with Crippen LogP contribution in [-0.2, 0) is 14.4 Å². The number of amides is 1. The Morgan fingerprint density at radius 2 is 1.94 bits per heavy atom. The summed E-state index contributed by atoms with van der Waals surface area (Å²) in [5.41, 5.74) is -0.617. The maximum absolute atomic E-state index is 11.9. The molecule has 6 heteroatoms. The largest absolute Gasteiger partial charge is 0.442 e. The van der Waals surface area contributed by atoms with Crippen molar-refractivity contribution in [3.05, 3.63) is 0 Å². The minimum absolute atomic E-state index is 0.0389. The lowest BCUT2D eigenvalue weighted by molar-refractivity contribution is -0.163. The number of alkyl halides is 1. The fourth-order valence-electron chi connectivity index (χ4n) is 1.10. The maximum Gasteiger partial charge on any atom is 0.435 e. The molecule has 0 aliphatic heterocycles. The van der Waals surface area contributed by atoms with Crippen molar-refractivity contribution in [2.24, 2.45) is 5.92 Å². The zero-order chi connectivity index (χ0) is 13.6. The monoisotopic (exact) mass is 357 g/mol. The van der Waals surface area contributed by atoms with Crippen LogP contribution in [0, 0.1) is 5.92 Å². The van der Waals surface area contributed by atoms with Gasteiger partial charge in [0.1, 0.15) is 22.5 Å². The Balaban J connectivity index is 4.82. The van der Waals surface area contributed by atoms with Crippen molar-refractivity contribution in [1.82, 2.24) is 5.06 Å². The number of carbonyl (C=O) groups is 2. The van der Waals surface area contributed by atoms with Crippen LogP contribution in [0.15, 0.2) is 0 Å². The molecule has 5 nitrogen and oxygen atoms in total. The molecule has 0 aliphatic rings. The molecule has 0 rings (SSSR count). The first kappa shape index (κ1) is 16.6. The summed E-state index contributed by atoms with van der Waals surface area (Å²) in [6.07, 6.45) is 0.0564. The minimum atomic E-state index is -0.639. The topological polar surface area (TPSA) is 55.8 Å². The fraction of sp³-hybridized carbons (Fsp3) is 0.818. The highest BCUT2D eigenvalue weighted by Crippen LogP contribution is 2.16. The van der Waals surface area contributed by atoms with E-state index in [0.29, 0.717) is 6.29 Å². The van der Waals surface area contributed by atoms with Crippen LogP contribution < -0.4 is 0 Å². The third kappa shape index (κ3) is 6.21. The minimum Gasteiger partial charge on any atom is -0.442 e. The van der Waals surface area contributed by atoms with Gasteiger partial charge in [-0.1, -0.05) is 36.4 Å². The summed E-state index contributed by atoms with van der Waals surface area (Å²) in [5.74, 6) is -0.0389. The van der Waals surface area contributed by atoms with E-state index in [-0.39, 0.29) is 10.5 Å². The standard InChI is InChI=1S/C11H20INO4/c1-8(2)9(6-14)13(16-7-12)10(15)17-11(3,4)5/h6,8-9H,7H2,1-5H3/t9-/m1/s1. The van der Waals surface area contributed by atoms with Gasteiger partial charge in [-0.05, 0) is 26.7 Å². The number of ether oxygens (including phenoxy) is 1. The summed E-state index contributed by atoms with van der Waals surface area (Å²) in [4.78, 5) is 28.0. The zero-order valence-electron chi connectivity index (χ0n) is 10.9. The van der Waals surface area contributed by atoms with Gasteiger partial charge in [-0.3, -0.25) is 4.84 Å². The molecule has 0 saturated heterocycles. The number of carbonyl (C=O) groups excluding carboxylic acids is 2. The Bertz CT molecular complexity index is 263. The van der Waals surface area contributed by atoms with Crippen molar-refractivity contribution in [1.29, 1.82) is 0 Å². The van der Waals surface area contributed by atoms with E-state index >= 15 is 0 Å². The Morgan fingerprint density at radius 1 is 1.41 bits per heavy atom. The zero-order valence-corrected chi connectivity index (χ0v) is 13.1. The highest BCUT2D eigenvalue weighted by molar-refractivity contribution is 14.1. The summed E-state index contributed by atoms with van der Waals surface area (Å²) in [6, 6.07) is -0.639. The molecule has 0 aliphatic carbocycles. The van der Waals surface area contributed by atoms with Gasteiger partial charge in [0, 0.05) is 0 Å². The summed E-state index contributed by atoms with van der Waals surface area (Å²) < 4.78 is 5.46. The van der Waals surface area contributed by atoms with Crippen molar-refractivity contribution < 1.29 is 19.2 Å². The second-order valence-electron chi connectivity index (χ2n) is 4.92. The molecule has 17 heavy (non-hydrogen) atoms. The second kappa shape index (κ2) is 7.15. The van der Waals surface area contributed by atoms with Crippen LogP contribution in [0.25, 0.3) is 0 Å². The van der Waals surface area contributed by atoms with Crippen LogP contribution in [0.4, 0.5) is 4.79 Å². The van der Waals surface area contributed by atoms with Gasteiger partial charge >= 0.3 is 6.09 Å². The molecule has 0 aromatic rings. The molecule has 0 radical (unpaired) electrons. The first-order valence-corrected chi connectivity index (χ1v) is 6.92. The van der Waals surface area contributed by atoms with Gasteiger partial charge in [-0.2, -0.15) is 5.06 Å². The quantitative estimate of drug-likeness (QED) is 0.329. The van der Waals surface area contributed by atoms with Crippen LogP contribution in [-0.4, -0.2) is 33.7 Å². The molecule has 0 N–H and O–H groups in total.